The normalized spacial score (nSPS) is 15.5. The summed E-state index contributed by atoms with van der Waals surface area (Å²) in [4.78, 5) is 0. The molecular formula is C14H30O7S2. The van der Waals surface area contributed by atoms with Gasteiger partial charge in [0.05, 0.1) is 37.4 Å². The molecule has 23 heavy (non-hydrogen) atoms. The third-order valence-electron chi connectivity index (χ3n) is 3.40. The third kappa shape index (κ3) is 9.61. The zero-order valence-corrected chi connectivity index (χ0v) is 15.9. The molecule has 0 saturated heterocycles. The van der Waals surface area contributed by atoms with Crippen molar-refractivity contribution in [2.75, 3.05) is 38.4 Å². The molecule has 0 spiro atoms. The Morgan fingerprint density at radius 1 is 1.04 bits per heavy atom. The summed E-state index contributed by atoms with van der Waals surface area (Å²) in [5, 5.41) is 7.68. The van der Waals surface area contributed by atoms with Gasteiger partial charge in [0.15, 0.2) is 25.1 Å². The molecular weight excluding hydrogens is 344 g/mol. The van der Waals surface area contributed by atoms with E-state index in [1.807, 2.05) is 6.92 Å². The summed E-state index contributed by atoms with van der Waals surface area (Å²) in [5.41, 5.74) is -1.04. The molecule has 2 unspecified atom stereocenters. The molecule has 0 amide bonds. The minimum atomic E-state index is -3.68. The molecule has 0 radical (unpaired) electrons. The molecule has 0 aromatic rings. The van der Waals surface area contributed by atoms with Gasteiger partial charge in [-0.05, 0) is 12.8 Å². The summed E-state index contributed by atoms with van der Waals surface area (Å²) in [6.45, 7) is 3.92. The van der Waals surface area contributed by atoms with Crippen LogP contribution in [0.3, 0.4) is 0 Å². The van der Waals surface area contributed by atoms with E-state index >= 15 is 0 Å². The van der Waals surface area contributed by atoms with Gasteiger partial charge in [0, 0.05) is 6.26 Å². The highest BCUT2D eigenvalue weighted by molar-refractivity contribution is 7.95. The van der Waals surface area contributed by atoms with E-state index in [9.17, 15) is 16.8 Å². The molecule has 0 aliphatic rings. The van der Waals surface area contributed by atoms with Crippen LogP contribution in [0.5, 0.6) is 0 Å². The van der Waals surface area contributed by atoms with Gasteiger partial charge in [-0.3, -0.25) is 0 Å². The van der Waals surface area contributed by atoms with Crippen molar-refractivity contribution in [1.82, 2.24) is 0 Å². The van der Waals surface area contributed by atoms with Crippen LogP contribution in [0.2, 0.25) is 0 Å². The average molecular weight is 375 g/mol. The van der Waals surface area contributed by atoms with Gasteiger partial charge in [-0.15, -0.1) is 0 Å². The lowest BCUT2D eigenvalue weighted by atomic mass is 10.2. The monoisotopic (exact) mass is 374 g/mol. The fourth-order valence-electron chi connectivity index (χ4n) is 2.10. The molecule has 0 aliphatic carbocycles. The summed E-state index contributed by atoms with van der Waals surface area (Å²) in [5.74, 6) is -0.415. The second-order valence-electron chi connectivity index (χ2n) is 5.47. The van der Waals surface area contributed by atoms with Gasteiger partial charge >= 0.3 is 0 Å². The molecule has 140 valence electrons. The Kier molecular flexibility index (Phi) is 11.2. The molecule has 0 aromatic carbocycles. The predicted octanol–water partition coefficient (Wildman–Crippen LogP) is 0.766. The lowest BCUT2D eigenvalue weighted by Crippen LogP contribution is -2.36. The predicted molar refractivity (Wildman–Crippen MR) is 89.9 cm³/mol. The van der Waals surface area contributed by atoms with E-state index in [2.05, 4.69) is 0 Å². The van der Waals surface area contributed by atoms with E-state index in [1.165, 1.54) is 0 Å². The highest BCUT2D eigenvalue weighted by atomic mass is 32.2. The standard InChI is InChI=1S/C14H30O7S2/c1-4-6-7-13(22(3,16)17)12-23(18,19)14(5-2)21-11-10-20-9-8-15/h13-15H,4-12H2,1-3H3. The van der Waals surface area contributed by atoms with Crippen LogP contribution in [0.25, 0.3) is 0 Å². The van der Waals surface area contributed by atoms with E-state index in [1.54, 1.807) is 6.92 Å². The number of rotatable bonds is 14. The fraction of sp³-hybridized carbons (Fsp3) is 1.00. The van der Waals surface area contributed by atoms with Gasteiger partial charge in [-0.1, -0.05) is 26.7 Å². The van der Waals surface area contributed by atoms with E-state index in [0.717, 1.165) is 12.7 Å². The average Bonchev–Trinajstić information content (AvgIpc) is 2.45. The Bertz CT molecular complexity index is 499. The second kappa shape index (κ2) is 11.4. The van der Waals surface area contributed by atoms with Gasteiger partial charge in [-0.2, -0.15) is 0 Å². The molecule has 0 aromatic heterocycles. The number of hydrogen-bond donors (Lipinski definition) is 1. The molecule has 0 aliphatic heterocycles. The Morgan fingerprint density at radius 3 is 2.17 bits per heavy atom. The zero-order valence-electron chi connectivity index (χ0n) is 14.2. The molecule has 7 nitrogen and oxygen atoms in total. The van der Waals surface area contributed by atoms with Crippen molar-refractivity contribution in [2.24, 2.45) is 0 Å². The van der Waals surface area contributed by atoms with Crippen LogP contribution >= 0.6 is 0 Å². The largest absolute Gasteiger partial charge is 0.394 e. The number of aliphatic hydroxyl groups is 1. The molecule has 0 fully saturated rings. The van der Waals surface area contributed by atoms with Gasteiger partial charge in [-0.25, -0.2) is 16.8 Å². The summed E-state index contributed by atoms with van der Waals surface area (Å²) >= 11 is 0. The van der Waals surface area contributed by atoms with E-state index in [0.29, 0.717) is 12.8 Å². The lowest BCUT2D eigenvalue weighted by Gasteiger charge is -2.21. The summed E-state index contributed by atoms with van der Waals surface area (Å²) in [6, 6.07) is 0. The second-order valence-corrected chi connectivity index (χ2v) is 9.98. The minimum Gasteiger partial charge on any atom is -0.394 e. The third-order valence-corrected chi connectivity index (χ3v) is 7.37. The zero-order chi connectivity index (χ0) is 17.9. The summed E-state index contributed by atoms with van der Waals surface area (Å²) in [6.07, 6.45) is 3.13. The number of hydrogen-bond acceptors (Lipinski definition) is 7. The first-order valence-electron chi connectivity index (χ1n) is 7.89. The van der Waals surface area contributed by atoms with Crippen molar-refractivity contribution >= 4 is 19.7 Å². The topological polar surface area (TPSA) is 107 Å². The number of unbranched alkanes of at least 4 members (excludes halogenated alkanes) is 1. The molecule has 2 atom stereocenters. The van der Waals surface area contributed by atoms with Crippen molar-refractivity contribution < 1.29 is 31.4 Å². The van der Waals surface area contributed by atoms with Crippen LogP contribution < -0.4 is 0 Å². The lowest BCUT2D eigenvalue weighted by molar-refractivity contribution is 0.0216. The quantitative estimate of drug-likeness (QED) is 0.447. The smallest absolute Gasteiger partial charge is 0.178 e. The molecule has 0 rings (SSSR count). The van der Waals surface area contributed by atoms with Crippen LogP contribution in [-0.2, 0) is 29.1 Å². The maximum absolute atomic E-state index is 12.4. The van der Waals surface area contributed by atoms with Crippen LogP contribution in [0, 0.1) is 0 Å². The Balaban J connectivity index is 4.75. The molecule has 1 N–H and O–H groups in total. The van der Waals surface area contributed by atoms with Crippen LogP contribution in [0.15, 0.2) is 0 Å². The van der Waals surface area contributed by atoms with Gasteiger partial charge in [0.1, 0.15) is 0 Å². The summed E-state index contributed by atoms with van der Waals surface area (Å²) < 4.78 is 58.8. The highest BCUT2D eigenvalue weighted by Crippen LogP contribution is 2.17. The fourth-order valence-corrected chi connectivity index (χ4v) is 5.96. The maximum atomic E-state index is 12.4. The molecule has 0 saturated carbocycles. The number of ether oxygens (including phenoxy) is 2. The van der Waals surface area contributed by atoms with Crippen molar-refractivity contribution in [3.63, 3.8) is 0 Å². The van der Waals surface area contributed by atoms with E-state index in [-0.39, 0.29) is 32.8 Å². The molecule has 9 heteroatoms. The first-order valence-corrected chi connectivity index (χ1v) is 11.6. The Labute approximate surface area is 140 Å². The highest BCUT2D eigenvalue weighted by Gasteiger charge is 2.32. The first-order chi connectivity index (χ1) is 10.7. The Morgan fingerprint density at radius 2 is 1.70 bits per heavy atom. The number of sulfone groups is 2. The van der Waals surface area contributed by atoms with Crippen molar-refractivity contribution in [3.05, 3.63) is 0 Å². The van der Waals surface area contributed by atoms with Gasteiger partial charge < -0.3 is 14.6 Å². The SMILES string of the molecule is CCCCC(CS(=O)(=O)C(CC)OCCOCCO)S(C)(=O)=O. The van der Waals surface area contributed by atoms with Gasteiger partial charge in [0.2, 0.25) is 0 Å². The van der Waals surface area contributed by atoms with Crippen LogP contribution in [-0.4, -0.2) is 71.1 Å². The van der Waals surface area contributed by atoms with E-state index < -0.39 is 36.1 Å². The van der Waals surface area contributed by atoms with Crippen LogP contribution in [0.1, 0.15) is 39.5 Å². The molecule has 0 bridgehead atoms. The first kappa shape index (κ1) is 22.8. The Hall–Kier alpha value is -0.220. The minimum absolute atomic E-state index is 0.0796. The maximum Gasteiger partial charge on any atom is 0.178 e. The number of aliphatic hydroxyl groups excluding tert-OH is 1. The molecule has 0 heterocycles. The van der Waals surface area contributed by atoms with Crippen molar-refractivity contribution in [3.8, 4) is 0 Å². The van der Waals surface area contributed by atoms with E-state index in [4.69, 9.17) is 14.6 Å². The van der Waals surface area contributed by atoms with Crippen molar-refractivity contribution in [2.45, 2.75) is 50.2 Å². The van der Waals surface area contributed by atoms with Crippen LogP contribution in [0.4, 0.5) is 0 Å². The van der Waals surface area contributed by atoms with Crippen molar-refractivity contribution in [1.29, 1.82) is 0 Å². The summed E-state index contributed by atoms with van der Waals surface area (Å²) in [7, 11) is -7.12. The van der Waals surface area contributed by atoms with Gasteiger partial charge in [0.25, 0.3) is 0 Å².